The molecule has 0 aliphatic heterocycles. The van der Waals surface area contributed by atoms with Crippen LogP contribution in [0.15, 0.2) is 24.3 Å². The van der Waals surface area contributed by atoms with Gasteiger partial charge in [0, 0.05) is 26.2 Å². The SMILES string of the molecule is CN(C)c1ccc(C(O)CCC#N)cc1. The van der Waals surface area contributed by atoms with Gasteiger partial charge in [-0.2, -0.15) is 5.26 Å². The predicted molar refractivity (Wildman–Crippen MR) is 60.6 cm³/mol. The first-order valence-corrected chi connectivity index (χ1v) is 4.97. The summed E-state index contributed by atoms with van der Waals surface area (Å²) in [5.41, 5.74) is 1.97. The summed E-state index contributed by atoms with van der Waals surface area (Å²) in [7, 11) is 3.95. The lowest BCUT2D eigenvalue weighted by Crippen LogP contribution is -2.08. The molecule has 0 spiro atoms. The van der Waals surface area contributed by atoms with E-state index in [2.05, 4.69) is 0 Å². The molecule has 0 radical (unpaired) electrons. The van der Waals surface area contributed by atoms with Gasteiger partial charge in [-0.3, -0.25) is 0 Å². The van der Waals surface area contributed by atoms with Crippen molar-refractivity contribution in [2.75, 3.05) is 19.0 Å². The molecule has 0 fully saturated rings. The molecule has 80 valence electrons. The summed E-state index contributed by atoms with van der Waals surface area (Å²) >= 11 is 0. The molecule has 15 heavy (non-hydrogen) atoms. The molecule has 1 rings (SSSR count). The molecule has 0 heterocycles. The van der Waals surface area contributed by atoms with Crippen LogP contribution in [-0.4, -0.2) is 19.2 Å². The van der Waals surface area contributed by atoms with Gasteiger partial charge in [0.2, 0.25) is 0 Å². The zero-order valence-corrected chi connectivity index (χ0v) is 9.14. The highest BCUT2D eigenvalue weighted by Crippen LogP contribution is 2.20. The molecule has 0 saturated carbocycles. The van der Waals surface area contributed by atoms with E-state index in [1.165, 1.54) is 0 Å². The second-order valence-electron chi connectivity index (χ2n) is 3.70. The summed E-state index contributed by atoms with van der Waals surface area (Å²) in [6.45, 7) is 0. The minimum atomic E-state index is -0.527. The topological polar surface area (TPSA) is 47.3 Å². The van der Waals surface area contributed by atoms with Gasteiger partial charge in [-0.15, -0.1) is 0 Å². The van der Waals surface area contributed by atoms with Crippen molar-refractivity contribution in [2.24, 2.45) is 0 Å². The fourth-order valence-corrected chi connectivity index (χ4v) is 1.36. The molecular weight excluding hydrogens is 188 g/mol. The summed E-state index contributed by atoms with van der Waals surface area (Å²) < 4.78 is 0. The fraction of sp³-hybridized carbons (Fsp3) is 0.417. The largest absolute Gasteiger partial charge is 0.388 e. The number of benzene rings is 1. The van der Waals surface area contributed by atoms with Crippen molar-refractivity contribution in [3.8, 4) is 6.07 Å². The molecule has 1 N–H and O–H groups in total. The lowest BCUT2D eigenvalue weighted by Gasteiger charge is -2.14. The van der Waals surface area contributed by atoms with Crippen molar-refractivity contribution >= 4 is 5.69 Å². The summed E-state index contributed by atoms with van der Waals surface area (Å²) in [6.07, 6.45) is 0.356. The first kappa shape index (κ1) is 11.5. The van der Waals surface area contributed by atoms with Crippen molar-refractivity contribution in [2.45, 2.75) is 18.9 Å². The molecule has 1 atom stereocenters. The van der Waals surface area contributed by atoms with Crippen molar-refractivity contribution in [3.63, 3.8) is 0 Å². The zero-order chi connectivity index (χ0) is 11.3. The Hall–Kier alpha value is -1.53. The molecule has 0 bridgehead atoms. The van der Waals surface area contributed by atoms with Crippen LogP contribution in [0, 0.1) is 11.3 Å². The third-order valence-corrected chi connectivity index (χ3v) is 2.32. The Bertz CT molecular complexity index is 338. The molecule has 3 nitrogen and oxygen atoms in total. The van der Waals surface area contributed by atoms with Crippen LogP contribution in [-0.2, 0) is 0 Å². The zero-order valence-electron chi connectivity index (χ0n) is 9.14. The first-order chi connectivity index (χ1) is 7.15. The highest BCUT2D eigenvalue weighted by molar-refractivity contribution is 5.46. The standard InChI is InChI=1S/C12H16N2O/c1-14(2)11-7-5-10(6-8-11)12(15)4-3-9-13/h5-8,12,15H,3-4H2,1-2H3. The first-order valence-electron chi connectivity index (χ1n) is 4.97. The summed E-state index contributed by atoms with van der Waals surface area (Å²) in [4.78, 5) is 2.01. The minimum Gasteiger partial charge on any atom is -0.388 e. The molecule has 0 amide bonds. The van der Waals surface area contributed by atoms with Crippen LogP contribution in [0.1, 0.15) is 24.5 Å². The van der Waals surface area contributed by atoms with E-state index in [0.717, 1.165) is 11.3 Å². The Labute approximate surface area is 90.6 Å². The summed E-state index contributed by atoms with van der Waals surface area (Å²) in [5.74, 6) is 0. The fourth-order valence-electron chi connectivity index (χ4n) is 1.36. The van der Waals surface area contributed by atoms with E-state index in [1.54, 1.807) is 0 Å². The van der Waals surface area contributed by atoms with Gasteiger partial charge in [-0.25, -0.2) is 0 Å². The van der Waals surface area contributed by atoms with Gasteiger partial charge in [0.15, 0.2) is 0 Å². The number of aliphatic hydroxyl groups is 1. The number of hydrogen-bond acceptors (Lipinski definition) is 3. The summed E-state index contributed by atoms with van der Waals surface area (Å²) in [5, 5.41) is 18.1. The van der Waals surface area contributed by atoms with Crippen LogP contribution in [0.2, 0.25) is 0 Å². The third-order valence-electron chi connectivity index (χ3n) is 2.32. The van der Waals surface area contributed by atoms with Gasteiger partial charge in [0.25, 0.3) is 0 Å². The minimum absolute atomic E-state index is 0.386. The van der Waals surface area contributed by atoms with Crippen molar-refractivity contribution in [1.29, 1.82) is 5.26 Å². The van der Waals surface area contributed by atoms with Gasteiger partial charge in [0.05, 0.1) is 12.2 Å². The number of aliphatic hydroxyl groups excluding tert-OH is 1. The van der Waals surface area contributed by atoms with Crippen LogP contribution in [0.25, 0.3) is 0 Å². The van der Waals surface area contributed by atoms with Crippen molar-refractivity contribution in [3.05, 3.63) is 29.8 Å². The molecule has 1 unspecified atom stereocenters. The molecular formula is C12H16N2O. The maximum Gasteiger partial charge on any atom is 0.0799 e. The van der Waals surface area contributed by atoms with Crippen molar-refractivity contribution in [1.82, 2.24) is 0 Å². The molecule has 1 aromatic carbocycles. The van der Waals surface area contributed by atoms with Crippen LogP contribution in [0.3, 0.4) is 0 Å². The maximum absolute atomic E-state index is 9.72. The molecule has 0 aliphatic carbocycles. The van der Waals surface area contributed by atoms with Crippen molar-refractivity contribution < 1.29 is 5.11 Å². The van der Waals surface area contributed by atoms with E-state index in [0.29, 0.717) is 12.8 Å². The smallest absolute Gasteiger partial charge is 0.0799 e. The van der Waals surface area contributed by atoms with Crippen LogP contribution in [0.4, 0.5) is 5.69 Å². The average Bonchev–Trinajstić information content (AvgIpc) is 2.26. The third kappa shape index (κ3) is 3.26. The highest BCUT2D eigenvalue weighted by Gasteiger charge is 2.06. The monoisotopic (exact) mass is 204 g/mol. The van der Waals surface area contributed by atoms with Crippen LogP contribution in [0.5, 0.6) is 0 Å². The molecule has 1 aromatic rings. The van der Waals surface area contributed by atoms with E-state index in [-0.39, 0.29) is 0 Å². The Morgan fingerprint density at radius 3 is 2.40 bits per heavy atom. The number of rotatable bonds is 4. The second kappa shape index (κ2) is 5.38. The lowest BCUT2D eigenvalue weighted by molar-refractivity contribution is 0.169. The van der Waals surface area contributed by atoms with E-state index in [9.17, 15) is 5.11 Å². The Morgan fingerprint density at radius 2 is 1.93 bits per heavy atom. The van der Waals surface area contributed by atoms with Gasteiger partial charge < -0.3 is 10.0 Å². The molecule has 3 heteroatoms. The van der Waals surface area contributed by atoms with Crippen LogP contribution >= 0.6 is 0 Å². The van der Waals surface area contributed by atoms with Gasteiger partial charge in [0.1, 0.15) is 0 Å². The highest BCUT2D eigenvalue weighted by atomic mass is 16.3. The number of nitrogens with zero attached hydrogens (tertiary/aromatic N) is 2. The van der Waals surface area contributed by atoms with E-state index < -0.39 is 6.10 Å². The molecule has 0 aliphatic rings. The maximum atomic E-state index is 9.72. The average molecular weight is 204 g/mol. The lowest BCUT2D eigenvalue weighted by atomic mass is 10.0. The van der Waals surface area contributed by atoms with E-state index in [4.69, 9.17) is 5.26 Å². The molecule has 0 aromatic heterocycles. The van der Waals surface area contributed by atoms with Gasteiger partial charge in [-0.05, 0) is 24.1 Å². The quantitative estimate of drug-likeness (QED) is 0.817. The number of anilines is 1. The predicted octanol–water partition coefficient (Wildman–Crippen LogP) is 2.09. The molecule has 0 saturated heterocycles. The Kier molecular flexibility index (Phi) is 4.14. The normalized spacial score (nSPS) is 11.9. The Morgan fingerprint density at radius 1 is 1.33 bits per heavy atom. The van der Waals surface area contributed by atoms with Gasteiger partial charge in [-0.1, -0.05) is 12.1 Å². The van der Waals surface area contributed by atoms with Gasteiger partial charge >= 0.3 is 0 Å². The summed E-state index contributed by atoms with van der Waals surface area (Å²) in [6, 6.07) is 9.76. The van der Waals surface area contributed by atoms with E-state index >= 15 is 0 Å². The number of nitriles is 1. The van der Waals surface area contributed by atoms with E-state index in [1.807, 2.05) is 49.3 Å². The number of hydrogen-bond donors (Lipinski definition) is 1. The Balaban J connectivity index is 2.67. The second-order valence-corrected chi connectivity index (χ2v) is 3.70. The van der Waals surface area contributed by atoms with Crippen LogP contribution < -0.4 is 4.90 Å².